The van der Waals surface area contributed by atoms with Gasteiger partial charge in [-0.25, -0.2) is 4.98 Å². The van der Waals surface area contributed by atoms with Crippen molar-refractivity contribution >= 4 is 43.7 Å². The van der Waals surface area contributed by atoms with Gasteiger partial charge in [0, 0.05) is 44.7 Å². The van der Waals surface area contributed by atoms with Crippen LogP contribution in [-0.2, 0) is 0 Å². The minimum absolute atomic E-state index is 0.970. The van der Waals surface area contributed by atoms with Crippen molar-refractivity contribution in [3.05, 3.63) is 164 Å². The molecular weight excluding hydrogens is 534 g/mol. The van der Waals surface area contributed by atoms with Gasteiger partial charge in [0.05, 0.1) is 16.6 Å². The van der Waals surface area contributed by atoms with E-state index in [1.807, 2.05) is 12.3 Å². The molecule has 3 heteroatoms. The third-order valence-corrected chi connectivity index (χ3v) is 8.78. The molecule has 0 saturated carbocycles. The van der Waals surface area contributed by atoms with E-state index in [-0.39, 0.29) is 0 Å². The fourth-order valence-corrected chi connectivity index (χ4v) is 6.81. The van der Waals surface area contributed by atoms with E-state index in [0.717, 1.165) is 22.4 Å². The first-order valence-electron chi connectivity index (χ1n) is 15.0. The van der Waals surface area contributed by atoms with Gasteiger partial charge < -0.3 is 4.57 Å². The summed E-state index contributed by atoms with van der Waals surface area (Å²) in [4.78, 5) is 4.84. The summed E-state index contributed by atoms with van der Waals surface area (Å²) in [7, 11) is 0. The maximum Gasteiger partial charge on any atom is 0.145 e. The minimum Gasteiger partial charge on any atom is -0.309 e. The van der Waals surface area contributed by atoms with Crippen LogP contribution in [0.25, 0.3) is 77.4 Å². The molecule has 9 aromatic rings. The zero-order chi connectivity index (χ0) is 29.0. The van der Waals surface area contributed by atoms with Crippen molar-refractivity contribution < 1.29 is 0 Å². The Hall–Kier alpha value is -5.93. The van der Waals surface area contributed by atoms with Crippen LogP contribution in [-0.4, -0.2) is 14.1 Å². The summed E-state index contributed by atoms with van der Waals surface area (Å²) < 4.78 is 4.69. The number of hydrogen-bond acceptors (Lipinski definition) is 1. The van der Waals surface area contributed by atoms with E-state index < -0.39 is 0 Å². The van der Waals surface area contributed by atoms with Crippen LogP contribution >= 0.6 is 0 Å². The van der Waals surface area contributed by atoms with Crippen molar-refractivity contribution in [2.75, 3.05) is 0 Å². The predicted molar refractivity (Wildman–Crippen MR) is 184 cm³/mol. The van der Waals surface area contributed by atoms with Crippen molar-refractivity contribution in [1.82, 2.24) is 14.1 Å². The second-order valence-corrected chi connectivity index (χ2v) is 11.2. The lowest BCUT2D eigenvalue weighted by molar-refractivity contribution is 1.14. The number of aromatic nitrogens is 3. The standard InChI is InChI=1S/C41H27N3/c1-3-11-28(12-4-1)29-20-23-32(24-21-29)43-38-19-8-7-15-34(38)37-27-30(22-25-39(37)43)33-16-9-17-35-36-18-10-26-42-41(36)44(40(33)35)31-13-5-2-6-14-31/h1-27H. The van der Waals surface area contributed by atoms with E-state index in [1.165, 1.54) is 55.0 Å². The Morgan fingerprint density at radius 1 is 0.386 bits per heavy atom. The first-order valence-corrected chi connectivity index (χ1v) is 15.0. The number of hydrogen-bond donors (Lipinski definition) is 0. The summed E-state index contributed by atoms with van der Waals surface area (Å²) in [6, 6.07) is 56.5. The molecule has 44 heavy (non-hydrogen) atoms. The fraction of sp³-hybridized carbons (Fsp3) is 0. The van der Waals surface area contributed by atoms with Gasteiger partial charge in [-0.2, -0.15) is 0 Å². The molecular formula is C41H27N3. The molecule has 9 rings (SSSR count). The number of nitrogens with zero attached hydrogens (tertiary/aromatic N) is 3. The maximum atomic E-state index is 4.84. The summed E-state index contributed by atoms with van der Waals surface area (Å²) in [6.07, 6.45) is 1.88. The highest BCUT2D eigenvalue weighted by atomic mass is 15.0. The lowest BCUT2D eigenvalue weighted by Gasteiger charge is -2.12. The molecule has 3 heterocycles. The largest absolute Gasteiger partial charge is 0.309 e. The molecule has 0 saturated heterocycles. The number of fused-ring (bicyclic) bond motifs is 6. The number of pyridine rings is 1. The van der Waals surface area contributed by atoms with E-state index in [4.69, 9.17) is 4.98 Å². The Balaban J connectivity index is 1.27. The van der Waals surface area contributed by atoms with Crippen molar-refractivity contribution in [2.24, 2.45) is 0 Å². The van der Waals surface area contributed by atoms with Gasteiger partial charge in [-0.3, -0.25) is 4.57 Å². The highest BCUT2D eigenvalue weighted by Crippen LogP contribution is 2.40. The zero-order valence-electron chi connectivity index (χ0n) is 23.9. The van der Waals surface area contributed by atoms with Gasteiger partial charge in [0.1, 0.15) is 5.65 Å². The van der Waals surface area contributed by atoms with E-state index in [1.54, 1.807) is 0 Å². The smallest absolute Gasteiger partial charge is 0.145 e. The van der Waals surface area contributed by atoms with Crippen molar-refractivity contribution in [2.45, 2.75) is 0 Å². The second kappa shape index (κ2) is 9.82. The Kier molecular flexibility index (Phi) is 5.50. The normalized spacial score (nSPS) is 11.6. The van der Waals surface area contributed by atoms with Gasteiger partial charge in [0.25, 0.3) is 0 Å². The van der Waals surface area contributed by atoms with Crippen LogP contribution in [0, 0.1) is 0 Å². The minimum atomic E-state index is 0.970. The molecule has 0 bridgehead atoms. The topological polar surface area (TPSA) is 22.8 Å². The lowest BCUT2D eigenvalue weighted by Crippen LogP contribution is -1.96. The van der Waals surface area contributed by atoms with Gasteiger partial charge in [0.2, 0.25) is 0 Å². The van der Waals surface area contributed by atoms with Gasteiger partial charge in [-0.15, -0.1) is 0 Å². The van der Waals surface area contributed by atoms with Crippen molar-refractivity contribution in [1.29, 1.82) is 0 Å². The van der Waals surface area contributed by atoms with Crippen LogP contribution in [0.3, 0.4) is 0 Å². The molecule has 0 spiro atoms. The Morgan fingerprint density at radius 2 is 1.02 bits per heavy atom. The molecule has 206 valence electrons. The third-order valence-electron chi connectivity index (χ3n) is 8.78. The van der Waals surface area contributed by atoms with Crippen LogP contribution in [0.1, 0.15) is 0 Å². The summed E-state index contributed by atoms with van der Waals surface area (Å²) >= 11 is 0. The Bertz CT molecular complexity index is 2470. The summed E-state index contributed by atoms with van der Waals surface area (Å²) in [5.74, 6) is 0. The highest BCUT2D eigenvalue weighted by Gasteiger charge is 2.19. The van der Waals surface area contributed by atoms with Crippen LogP contribution in [0.5, 0.6) is 0 Å². The highest BCUT2D eigenvalue weighted by molar-refractivity contribution is 6.15. The quantitative estimate of drug-likeness (QED) is 0.210. The van der Waals surface area contributed by atoms with E-state index >= 15 is 0 Å². The summed E-state index contributed by atoms with van der Waals surface area (Å²) in [5, 5.41) is 4.84. The molecule has 3 nitrogen and oxygen atoms in total. The maximum absolute atomic E-state index is 4.84. The van der Waals surface area contributed by atoms with Crippen LogP contribution < -0.4 is 0 Å². The molecule has 0 amide bonds. The predicted octanol–water partition coefficient (Wildman–Crippen LogP) is 10.6. The third kappa shape index (κ3) is 3.73. The first kappa shape index (κ1) is 24.6. The second-order valence-electron chi connectivity index (χ2n) is 11.2. The average molecular weight is 562 g/mol. The molecule has 0 aliphatic carbocycles. The van der Waals surface area contributed by atoms with Gasteiger partial charge in [-0.05, 0) is 71.3 Å². The number of benzene rings is 6. The molecule has 0 aliphatic heterocycles. The molecule has 6 aromatic carbocycles. The first-order chi connectivity index (χ1) is 21.8. The molecule has 0 radical (unpaired) electrons. The Morgan fingerprint density at radius 3 is 1.86 bits per heavy atom. The van der Waals surface area contributed by atoms with E-state index in [9.17, 15) is 0 Å². The summed E-state index contributed by atoms with van der Waals surface area (Å²) in [5.41, 5.74) is 11.6. The van der Waals surface area contributed by atoms with Gasteiger partial charge in [0.15, 0.2) is 0 Å². The number of para-hydroxylation sites is 3. The van der Waals surface area contributed by atoms with Crippen LogP contribution in [0.15, 0.2) is 164 Å². The SMILES string of the molecule is c1ccc(-c2ccc(-n3c4ccccc4c4cc(-c5cccc6c7cccnc7n(-c7ccccc7)c56)ccc43)cc2)cc1. The van der Waals surface area contributed by atoms with E-state index in [2.05, 4.69) is 161 Å². The van der Waals surface area contributed by atoms with Gasteiger partial charge >= 0.3 is 0 Å². The van der Waals surface area contributed by atoms with E-state index in [0.29, 0.717) is 0 Å². The molecule has 0 fully saturated rings. The lowest BCUT2D eigenvalue weighted by atomic mass is 10.00. The molecule has 0 atom stereocenters. The molecule has 0 N–H and O–H groups in total. The zero-order valence-corrected chi connectivity index (χ0v) is 23.9. The average Bonchev–Trinajstić information content (AvgIpc) is 3.62. The molecule has 3 aromatic heterocycles. The molecule has 0 aliphatic rings. The Labute approximate surface area is 254 Å². The fourth-order valence-electron chi connectivity index (χ4n) is 6.81. The van der Waals surface area contributed by atoms with Crippen molar-refractivity contribution in [3.8, 4) is 33.6 Å². The van der Waals surface area contributed by atoms with Gasteiger partial charge in [-0.1, -0.05) is 103 Å². The van der Waals surface area contributed by atoms with Crippen LogP contribution in [0.4, 0.5) is 0 Å². The monoisotopic (exact) mass is 561 g/mol. The number of rotatable bonds is 4. The molecule has 0 unspecified atom stereocenters. The summed E-state index contributed by atoms with van der Waals surface area (Å²) in [6.45, 7) is 0. The van der Waals surface area contributed by atoms with Crippen molar-refractivity contribution in [3.63, 3.8) is 0 Å². The van der Waals surface area contributed by atoms with Crippen LogP contribution in [0.2, 0.25) is 0 Å².